The Morgan fingerprint density at radius 2 is 2.13 bits per heavy atom. The fourth-order valence-electron chi connectivity index (χ4n) is 2.13. The van der Waals surface area contributed by atoms with Crippen molar-refractivity contribution in [2.45, 2.75) is 38.8 Å². The summed E-state index contributed by atoms with van der Waals surface area (Å²) in [5.41, 5.74) is 8.25. The van der Waals surface area contributed by atoms with Crippen LogP contribution in [-0.2, 0) is 0 Å². The van der Waals surface area contributed by atoms with Gasteiger partial charge in [-0.15, -0.1) is 0 Å². The van der Waals surface area contributed by atoms with Crippen molar-refractivity contribution in [2.75, 3.05) is 0 Å². The van der Waals surface area contributed by atoms with Crippen LogP contribution in [0.4, 0.5) is 0 Å². The molecule has 1 heterocycles. The summed E-state index contributed by atoms with van der Waals surface area (Å²) in [6.07, 6.45) is 0.857. The van der Waals surface area contributed by atoms with Crippen molar-refractivity contribution in [2.24, 2.45) is 5.73 Å². The van der Waals surface area contributed by atoms with Gasteiger partial charge in [-0.2, -0.15) is 0 Å². The summed E-state index contributed by atoms with van der Waals surface area (Å²) in [6.45, 7) is 6.21. The summed E-state index contributed by atoms with van der Waals surface area (Å²) < 4.78 is 7.04. The van der Waals surface area contributed by atoms with Crippen LogP contribution in [0.2, 0.25) is 0 Å². The first-order chi connectivity index (χ1) is 6.89. The minimum absolute atomic E-state index is 0.0694. The Morgan fingerprint density at radius 3 is 2.80 bits per heavy atom. The molecule has 0 bridgehead atoms. The molecule has 2 nitrogen and oxygen atoms in total. The molecular weight excluding hydrogens is 254 g/mol. The van der Waals surface area contributed by atoms with E-state index in [4.69, 9.17) is 10.5 Å². The largest absolute Gasteiger partial charge is 0.487 e. The maximum Gasteiger partial charge on any atom is 0.127 e. The Bertz CT molecular complexity index is 401. The number of hydrogen-bond donors (Lipinski definition) is 1. The molecule has 1 atom stereocenters. The van der Waals surface area contributed by atoms with Crippen LogP contribution in [0.25, 0.3) is 0 Å². The summed E-state index contributed by atoms with van der Waals surface area (Å²) in [7, 11) is 0. The van der Waals surface area contributed by atoms with Gasteiger partial charge in [-0.1, -0.05) is 15.9 Å². The van der Waals surface area contributed by atoms with Crippen LogP contribution in [-0.4, -0.2) is 5.60 Å². The number of benzene rings is 1. The molecule has 1 aromatic carbocycles. The van der Waals surface area contributed by atoms with Crippen LogP contribution in [0.5, 0.6) is 5.75 Å². The number of hydrogen-bond acceptors (Lipinski definition) is 2. The quantitative estimate of drug-likeness (QED) is 0.784. The lowest BCUT2D eigenvalue weighted by Crippen LogP contribution is -2.37. The molecule has 1 aromatic rings. The van der Waals surface area contributed by atoms with E-state index in [1.54, 1.807) is 0 Å². The third kappa shape index (κ3) is 2.04. The van der Waals surface area contributed by atoms with Crippen molar-refractivity contribution in [3.05, 3.63) is 27.7 Å². The molecule has 0 saturated heterocycles. The SMILES string of the molecule is Cc1cc(Br)cc2c1OC(C)(C)CC2N. The van der Waals surface area contributed by atoms with Gasteiger partial charge in [-0.25, -0.2) is 0 Å². The van der Waals surface area contributed by atoms with Crippen molar-refractivity contribution in [1.82, 2.24) is 0 Å². The molecule has 82 valence electrons. The first-order valence-corrected chi connectivity index (χ1v) is 5.93. The zero-order valence-corrected chi connectivity index (χ0v) is 10.9. The molecule has 2 rings (SSSR count). The molecule has 0 amide bonds. The number of rotatable bonds is 0. The topological polar surface area (TPSA) is 35.2 Å². The lowest BCUT2D eigenvalue weighted by molar-refractivity contribution is 0.0719. The van der Waals surface area contributed by atoms with E-state index in [0.717, 1.165) is 27.8 Å². The molecule has 0 saturated carbocycles. The van der Waals surface area contributed by atoms with E-state index in [1.165, 1.54) is 0 Å². The zero-order chi connectivity index (χ0) is 11.2. The first kappa shape index (κ1) is 11.0. The molecule has 0 spiro atoms. The first-order valence-electron chi connectivity index (χ1n) is 5.14. The monoisotopic (exact) mass is 269 g/mol. The molecular formula is C12H16BrNO. The summed E-state index contributed by atoms with van der Waals surface area (Å²) in [5.74, 6) is 0.960. The summed E-state index contributed by atoms with van der Waals surface area (Å²) in [5, 5.41) is 0. The summed E-state index contributed by atoms with van der Waals surface area (Å²) >= 11 is 3.49. The zero-order valence-electron chi connectivity index (χ0n) is 9.30. The predicted octanol–water partition coefficient (Wildman–Crippen LogP) is 3.32. The highest BCUT2D eigenvalue weighted by atomic mass is 79.9. The van der Waals surface area contributed by atoms with Crippen LogP contribution in [0.3, 0.4) is 0 Å². The van der Waals surface area contributed by atoms with Gasteiger partial charge in [-0.05, 0) is 38.5 Å². The molecule has 3 heteroatoms. The van der Waals surface area contributed by atoms with Gasteiger partial charge >= 0.3 is 0 Å². The maximum atomic E-state index is 6.16. The second-order valence-electron chi connectivity index (χ2n) is 4.81. The average Bonchev–Trinajstić information content (AvgIpc) is 2.06. The molecule has 0 aromatic heterocycles. The maximum absolute atomic E-state index is 6.16. The van der Waals surface area contributed by atoms with E-state index in [0.29, 0.717) is 0 Å². The third-order valence-electron chi connectivity index (χ3n) is 2.76. The molecule has 15 heavy (non-hydrogen) atoms. The van der Waals surface area contributed by atoms with E-state index < -0.39 is 0 Å². The second-order valence-corrected chi connectivity index (χ2v) is 5.73. The highest BCUT2D eigenvalue weighted by Gasteiger charge is 2.32. The molecule has 1 aliphatic heterocycles. The van der Waals surface area contributed by atoms with Gasteiger partial charge in [0.1, 0.15) is 11.4 Å². The molecule has 1 aliphatic rings. The highest BCUT2D eigenvalue weighted by Crippen LogP contribution is 2.41. The van der Waals surface area contributed by atoms with Crippen molar-refractivity contribution >= 4 is 15.9 Å². The van der Waals surface area contributed by atoms with Crippen molar-refractivity contribution in [3.8, 4) is 5.75 Å². The van der Waals surface area contributed by atoms with Crippen LogP contribution >= 0.6 is 15.9 Å². The van der Waals surface area contributed by atoms with E-state index in [-0.39, 0.29) is 11.6 Å². The van der Waals surface area contributed by atoms with Gasteiger partial charge in [0.05, 0.1) is 0 Å². The van der Waals surface area contributed by atoms with Crippen LogP contribution in [0, 0.1) is 6.92 Å². The van der Waals surface area contributed by atoms with Gasteiger partial charge in [0.15, 0.2) is 0 Å². The lowest BCUT2D eigenvalue weighted by atomic mass is 9.89. The number of nitrogens with two attached hydrogens (primary N) is 1. The molecule has 0 aliphatic carbocycles. The predicted molar refractivity (Wildman–Crippen MR) is 65.1 cm³/mol. The summed E-state index contributed by atoms with van der Waals surface area (Å²) in [4.78, 5) is 0. The Morgan fingerprint density at radius 1 is 1.47 bits per heavy atom. The van der Waals surface area contributed by atoms with E-state index in [9.17, 15) is 0 Å². The van der Waals surface area contributed by atoms with Gasteiger partial charge in [-0.3, -0.25) is 0 Å². The molecule has 0 fully saturated rings. The number of ether oxygens (including phenoxy) is 1. The highest BCUT2D eigenvalue weighted by molar-refractivity contribution is 9.10. The fraction of sp³-hybridized carbons (Fsp3) is 0.500. The van der Waals surface area contributed by atoms with Crippen molar-refractivity contribution < 1.29 is 4.74 Å². The molecule has 0 radical (unpaired) electrons. The Kier molecular flexibility index (Phi) is 2.55. The third-order valence-corrected chi connectivity index (χ3v) is 3.22. The van der Waals surface area contributed by atoms with Crippen LogP contribution < -0.4 is 10.5 Å². The van der Waals surface area contributed by atoms with E-state index in [2.05, 4.69) is 48.8 Å². The Labute approximate surface area is 98.9 Å². The number of aryl methyl sites for hydroxylation is 1. The average molecular weight is 270 g/mol. The molecule has 2 N–H and O–H groups in total. The fourth-order valence-corrected chi connectivity index (χ4v) is 2.72. The lowest BCUT2D eigenvalue weighted by Gasteiger charge is -2.37. The minimum Gasteiger partial charge on any atom is -0.487 e. The number of fused-ring (bicyclic) bond motifs is 1. The Hall–Kier alpha value is -0.540. The van der Waals surface area contributed by atoms with Crippen LogP contribution in [0.15, 0.2) is 16.6 Å². The van der Waals surface area contributed by atoms with Gasteiger partial charge in [0, 0.05) is 22.5 Å². The second kappa shape index (κ2) is 3.49. The number of halogens is 1. The van der Waals surface area contributed by atoms with Crippen LogP contribution in [0.1, 0.15) is 37.4 Å². The molecule has 1 unspecified atom stereocenters. The van der Waals surface area contributed by atoms with E-state index >= 15 is 0 Å². The Balaban J connectivity index is 2.55. The summed E-state index contributed by atoms with van der Waals surface area (Å²) in [6, 6.07) is 4.19. The smallest absolute Gasteiger partial charge is 0.127 e. The van der Waals surface area contributed by atoms with E-state index in [1.807, 2.05) is 0 Å². The van der Waals surface area contributed by atoms with Gasteiger partial charge < -0.3 is 10.5 Å². The van der Waals surface area contributed by atoms with Gasteiger partial charge in [0.2, 0.25) is 0 Å². The standard InChI is InChI=1S/C12H16BrNO/c1-7-4-8(13)5-9-10(14)6-12(2,3)15-11(7)9/h4-5,10H,6,14H2,1-3H3. The minimum atomic E-state index is -0.162. The van der Waals surface area contributed by atoms with Crippen molar-refractivity contribution in [3.63, 3.8) is 0 Å². The van der Waals surface area contributed by atoms with Gasteiger partial charge in [0.25, 0.3) is 0 Å². The normalized spacial score (nSPS) is 23.1. The van der Waals surface area contributed by atoms with Crippen molar-refractivity contribution in [1.29, 1.82) is 0 Å².